The van der Waals surface area contributed by atoms with Gasteiger partial charge in [-0.25, -0.2) is 9.79 Å². The third-order valence-corrected chi connectivity index (χ3v) is 5.69. The maximum Gasteiger partial charge on any atom is 0.445 e. The van der Waals surface area contributed by atoms with Crippen LogP contribution in [0.1, 0.15) is 19.4 Å². The molecule has 0 spiro atoms. The summed E-state index contributed by atoms with van der Waals surface area (Å²) in [5.74, 6) is -0.358. The summed E-state index contributed by atoms with van der Waals surface area (Å²) in [5.41, 5.74) is 1.82. The minimum Gasteiger partial charge on any atom is -0.325 e. The molecular formula is C20H24N5O3S+. The third-order valence-electron chi connectivity index (χ3n) is 4.66. The first-order valence-corrected chi connectivity index (χ1v) is 10.3. The Hall–Kier alpha value is -2.81. The lowest BCUT2D eigenvalue weighted by atomic mass is 10.0. The molecule has 0 fully saturated rings. The first kappa shape index (κ1) is 20.9. The first-order valence-electron chi connectivity index (χ1n) is 9.27. The summed E-state index contributed by atoms with van der Waals surface area (Å²) >= 11 is 1.19. The second-order valence-electron chi connectivity index (χ2n) is 7.31. The molecule has 1 aromatic carbocycles. The van der Waals surface area contributed by atoms with Crippen LogP contribution in [0.25, 0.3) is 0 Å². The monoisotopic (exact) mass is 414 g/mol. The van der Waals surface area contributed by atoms with Gasteiger partial charge < -0.3 is 5.32 Å². The van der Waals surface area contributed by atoms with Gasteiger partial charge in [0.2, 0.25) is 11.7 Å². The molecule has 0 saturated carbocycles. The minimum atomic E-state index is -0.776. The molecule has 0 aliphatic carbocycles. The summed E-state index contributed by atoms with van der Waals surface area (Å²) in [6.07, 6.45) is 0. The lowest BCUT2D eigenvalue weighted by Gasteiger charge is -2.26. The molecule has 1 unspecified atom stereocenters. The van der Waals surface area contributed by atoms with E-state index in [1.165, 1.54) is 23.4 Å². The number of carbonyl (C=O) groups excluding carboxylic acids is 3. The third kappa shape index (κ3) is 4.29. The number of amides is 4. The molecular weight excluding hydrogens is 390 g/mol. The summed E-state index contributed by atoms with van der Waals surface area (Å²) in [4.78, 5) is 47.5. The zero-order chi connectivity index (χ0) is 21.3. The molecule has 4 amide bonds. The highest BCUT2D eigenvalue weighted by molar-refractivity contribution is 8.14. The molecule has 2 aliphatic heterocycles. The number of urea groups is 1. The highest BCUT2D eigenvalue weighted by Gasteiger charge is 2.49. The lowest BCUT2D eigenvalue weighted by molar-refractivity contribution is -0.407. The second-order valence-corrected chi connectivity index (χ2v) is 8.30. The van der Waals surface area contributed by atoms with Crippen LogP contribution in [0, 0.1) is 18.8 Å². The maximum atomic E-state index is 12.8. The molecule has 3 rings (SSSR count). The van der Waals surface area contributed by atoms with Gasteiger partial charge in [0.05, 0.1) is 19.8 Å². The average Bonchev–Trinajstić information content (AvgIpc) is 2.70. The number of aliphatic imine (C=N–C) groups is 2. The standard InChI is InChI=1S/C20H23N5O3S/c1-11(2)16-22-17-15(19(27)25(5)20(28)24(17)4)18(23-16)29-10-14(26)21-13-8-6-12(3)7-9-13/h6-9,11,15H,10H2,1-5H3/p+1. The van der Waals surface area contributed by atoms with Gasteiger partial charge in [0.1, 0.15) is 5.04 Å². The molecule has 1 aromatic rings. The van der Waals surface area contributed by atoms with Crippen molar-refractivity contribution in [3.63, 3.8) is 0 Å². The maximum absolute atomic E-state index is 12.8. The fraction of sp³-hybridized carbons (Fsp3) is 0.400. The SMILES string of the molecule is Cc1ccc(NC(=O)CSC2=NC(C(C)C)=NC3=[N+](C)C(=O)N(C)C(=O)C23)cc1. The number of aryl methyl sites for hydroxylation is 1. The number of anilines is 1. The molecule has 29 heavy (non-hydrogen) atoms. The molecule has 1 N–H and O–H groups in total. The van der Waals surface area contributed by atoms with Crippen LogP contribution in [0.2, 0.25) is 0 Å². The minimum absolute atomic E-state index is 0.0127. The van der Waals surface area contributed by atoms with Crippen molar-refractivity contribution in [1.29, 1.82) is 0 Å². The van der Waals surface area contributed by atoms with Crippen LogP contribution < -0.4 is 5.32 Å². The van der Waals surface area contributed by atoms with E-state index in [0.29, 0.717) is 22.4 Å². The number of hydrogen-bond acceptors (Lipinski definition) is 6. The number of rotatable bonds is 4. The molecule has 0 aromatic heterocycles. The number of fused-ring (bicyclic) bond motifs is 1. The number of amidine groups is 2. The van der Waals surface area contributed by atoms with Crippen molar-refractivity contribution < 1.29 is 19.0 Å². The Morgan fingerprint density at radius 2 is 1.90 bits per heavy atom. The van der Waals surface area contributed by atoms with Gasteiger partial charge in [0, 0.05) is 11.6 Å². The van der Waals surface area contributed by atoms with Crippen LogP contribution in [0.4, 0.5) is 10.5 Å². The van der Waals surface area contributed by atoms with Crippen molar-refractivity contribution in [3.05, 3.63) is 29.8 Å². The van der Waals surface area contributed by atoms with E-state index in [0.717, 1.165) is 10.5 Å². The normalized spacial score (nSPS) is 19.2. The summed E-state index contributed by atoms with van der Waals surface area (Å²) in [6, 6.07) is 7.09. The van der Waals surface area contributed by atoms with Gasteiger partial charge in [0.15, 0.2) is 5.92 Å². The molecule has 2 heterocycles. The van der Waals surface area contributed by atoms with E-state index in [1.807, 2.05) is 45.0 Å². The Bertz CT molecular complexity index is 963. The number of nitrogens with one attached hydrogen (secondary N) is 1. The van der Waals surface area contributed by atoms with E-state index in [4.69, 9.17) is 0 Å². The molecule has 2 aliphatic rings. The highest BCUT2D eigenvalue weighted by Crippen LogP contribution is 2.26. The molecule has 8 nitrogen and oxygen atoms in total. The predicted octanol–water partition coefficient (Wildman–Crippen LogP) is 2.38. The zero-order valence-electron chi connectivity index (χ0n) is 17.1. The molecule has 9 heteroatoms. The van der Waals surface area contributed by atoms with Crippen LogP contribution in [-0.4, -0.2) is 63.9 Å². The van der Waals surface area contributed by atoms with Crippen LogP contribution in [-0.2, 0) is 9.59 Å². The van der Waals surface area contributed by atoms with Crippen molar-refractivity contribution in [2.75, 3.05) is 25.2 Å². The molecule has 1 atom stereocenters. The number of imide groups is 1. The van der Waals surface area contributed by atoms with Crippen molar-refractivity contribution in [2.24, 2.45) is 21.8 Å². The van der Waals surface area contributed by atoms with Crippen molar-refractivity contribution in [2.45, 2.75) is 20.8 Å². The van der Waals surface area contributed by atoms with Gasteiger partial charge in [-0.15, -0.1) is 0 Å². The zero-order valence-corrected chi connectivity index (χ0v) is 17.9. The van der Waals surface area contributed by atoms with Gasteiger partial charge in [-0.05, 0) is 19.1 Å². The predicted molar refractivity (Wildman–Crippen MR) is 115 cm³/mol. The van der Waals surface area contributed by atoms with E-state index in [9.17, 15) is 14.4 Å². The fourth-order valence-electron chi connectivity index (χ4n) is 2.94. The van der Waals surface area contributed by atoms with Crippen LogP contribution in [0.5, 0.6) is 0 Å². The number of thioether (sulfide) groups is 1. The molecule has 0 radical (unpaired) electrons. The smallest absolute Gasteiger partial charge is 0.325 e. The van der Waals surface area contributed by atoms with E-state index in [-0.39, 0.29) is 23.5 Å². The Labute approximate surface area is 173 Å². The largest absolute Gasteiger partial charge is 0.445 e. The Morgan fingerprint density at radius 1 is 1.24 bits per heavy atom. The highest BCUT2D eigenvalue weighted by atomic mass is 32.2. The molecule has 152 valence electrons. The van der Waals surface area contributed by atoms with Crippen LogP contribution in [0.3, 0.4) is 0 Å². The van der Waals surface area contributed by atoms with Gasteiger partial charge in [0.25, 0.3) is 5.84 Å². The van der Waals surface area contributed by atoms with Crippen molar-refractivity contribution >= 4 is 52.0 Å². The molecule has 0 bridgehead atoms. The van der Waals surface area contributed by atoms with Gasteiger partial charge in [-0.2, -0.15) is 9.48 Å². The van der Waals surface area contributed by atoms with E-state index in [1.54, 1.807) is 7.05 Å². The van der Waals surface area contributed by atoms with Gasteiger partial charge in [-0.3, -0.25) is 9.59 Å². The Morgan fingerprint density at radius 3 is 2.52 bits per heavy atom. The van der Waals surface area contributed by atoms with Gasteiger partial charge >= 0.3 is 11.9 Å². The second kappa shape index (κ2) is 8.28. The Balaban J connectivity index is 1.82. The van der Waals surface area contributed by atoms with Crippen molar-refractivity contribution in [3.8, 4) is 0 Å². The number of benzene rings is 1. The number of nitrogens with zero attached hydrogens (tertiary/aromatic N) is 4. The first-order chi connectivity index (χ1) is 13.7. The van der Waals surface area contributed by atoms with E-state index >= 15 is 0 Å². The van der Waals surface area contributed by atoms with E-state index < -0.39 is 11.9 Å². The topological polar surface area (TPSA) is 94.2 Å². The van der Waals surface area contributed by atoms with Gasteiger partial charge in [-0.1, -0.05) is 48.3 Å². The summed E-state index contributed by atoms with van der Waals surface area (Å²) in [7, 11) is 3.03. The lowest BCUT2D eigenvalue weighted by Crippen LogP contribution is -2.55. The summed E-state index contributed by atoms with van der Waals surface area (Å²) < 4.78 is 1.37. The summed E-state index contributed by atoms with van der Waals surface area (Å²) in [6.45, 7) is 5.85. The van der Waals surface area contributed by atoms with Crippen LogP contribution >= 0.6 is 11.8 Å². The number of carbonyl (C=O) groups is 3. The Kier molecular flexibility index (Phi) is 5.97. The number of hydrogen-bond donors (Lipinski definition) is 1. The average molecular weight is 415 g/mol. The fourth-order valence-corrected chi connectivity index (χ4v) is 3.82. The summed E-state index contributed by atoms with van der Waals surface area (Å²) in [5, 5.41) is 3.32. The quantitative estimate of drug-likeness (QED) is 0.766. The van der Waals surface area contributed by atoms with Crippen molar-refractivity contribution in [1.82, 2.24) is 4.90 Å². The van der Waals surface area contributed by atoms with E-state index in [2.05, 4.69) is 15.3 Å². The van der Waals surface area contributed by atoms with Crippen LogP contribution in [0.15, 0.2) is 34.3 Å². The molecule has 0 saturated heterocycles.